The molecule has 0 aromatic carbocycles. The van der Waals surface area contributed by atoms with Crippen LogP contribution < -0.4 is 11.0 Å². The van der Waals surface area contributed by atoms with Crippen LogP contribution in [0.4, 0.5) is 5.13 Å². The van der Waals surface area contributed by atoms with Crippen LogP contribution in [0.25, 0.3) is 0 Å². The number of aromatic nitrogens is 4. The summed E-state index contributed by atoms with van der Waals surface area (Å²) in [5.41, 5.74) is 0.947. The van der Waals surface area contributed by atoms with Gasteiger partial charge in [-0.25, -0.2) is 4.79 Å². The highest BCUT2D eigenvalue weighted by Gasteiger charge is 2.23. The van der Waals surface area contributed by atoms with E-state index in [0.717, 1.165) is 11.4 Å². The summed E-state index contributed by atoms with van der Waals surface area (Å²) in [7, 11) is 0. The van der Waals surface area contributed by atoms with Crippen molar-refractivity contribution in [1.29, 1.82) is 0 Å². The van der Waals surface area contributed by atoms with Gasteiger partial charge in [0.05, 0.1) is 0 Å². The maximum Gasteiger partial charge on any atom is 0.348 e. The number of amides is 1. The Morgan fingerprint density at radius 3 is 2.64 bits per heavy atom. The van der Waals surface area contributed by atoms with Gasteiger partial charge in [0.2, 0.25) is 11.0 Å². The fraction of sp³-hybridized carbons (Fsp3) is 0.500. The van der Waals surface area contributed by atoms with Gasteiger partial charge in [-0.1, -0.05) is 25.2 Å². The molecule has 0 spiro atoms. The lowest BCUT2D eigenvalue weighted by molar-refractivity contribution is -0.119. The molecular weight excluding hydrogens is 302 g/mol. The lowest BCUT2D eigenvalue weighted by Crippen LogP contribution is -2.36. The third kappa shape index (κ3) is 3.38. The Labute approximate surface area is 132 Å². The molecule has 2 rings (SSSR count). The summed E-state index contributed by atoms with van der Waals surface area (Å²) in [4.78, 5) is 28.5. The summed E-state index contributed by atoms with van der Waals surface area (Å²) >= 11 is 1.34. The van der Waals surface area contributed by atoms with Crippen LogP contribution in [-0.4, -0.2) is 25.7 Å². The SMILES string of the molecule is CCc1nnc(NC(=O)C(CC)n2c(C)cc(C)nc2=O)s1. The molecule has 118 valence electrons. The predicted octanol–water partition coefficient (Wildman–Crippen LogP) is 1.86. The van der Waals surface area contributed by atoms with E-state index < -0.39 is 11.7 Å². The van der Waals surface area contributed by atoms with Gasteiger partial charge >= 0.3 is 5.69 Å². The molecule has 7 nitrogen and oxygen atoms in total. The highest BCUT2D eigenvalue weighted by molar-refractivity contribution is 7.15. The standard InChI is InChI=1S/C14H19N5O2S/c1-5-10(19-9(4)7-8(3)15-14(19)21)12(20)16-13-18-17-11(6-2)22-13/h7,10H,5-6H2,1-4H3,(H,16,18,20). The summed E-state index contributed by atoms with van der Waals surface area (Å²) in [6.07, 6.45) is 1.25. The number of nitrogens with zero attached hydrogens (tertiary/aromatic N) is 4. The van der Waals surface area contributed by atoms with Crippen molar-refractivity contribution in [3.05, 3.63) is 32.9 Å². The quantitative estimate of drug-likeness (QED) is 0.908. The van der Waals surface area contributed by atoms with Crippen LogP contribution in [0, 0.1) is 13.8 Å². The Morgan fingerprint density at radius 2 is 2.09 bits per heavy atom. The third-order valence-electron chi connectivity index (χ3n) is 3.28. The van der Waals surface area contributed by atoms with Crippen molar-refractivity contribution >= 4 is 22.4 Å². The first-order chi connectivity index (χ1) is 10.5. The van der Waals surface area contributed by atoms with Gasteiger partial charge in [-0.2, -0.15) is 4.98 Å². The first kappa shape index (κ1) is 16.3. The largest absolute Gasteiger partial charge is 0.348 e. The normalized spacial score (nSPS) is 12.2. The molecule has 1 N–H and O–H groups in total. The van der Waals surface area contributed by atoms with Crippen LogP contribution >= 0.6 is 11.3 Å². The summed E-state index contributed by atoms with van der Waals surface area (Å²) in [6, 6.07) is 1.17. The second-order valence-electron chi connectivity index (χ2n) is 4.96. The molecule has 2 aromatic rings. The molecule has 1 amide bonds. The van der Waals surface area contributed by atoms with Gasteiger partial charge in [-0.3, -0.25) is 14.7 Å². The molecule has 0 saturated carbocycles. The third-order valence-corrected chi connectivity index (χ3v) is 4.26. The van der Waals surface area contributed by atoms with Gasteiger partial charge in [-0.15, -0.1) is 10.2 Å². The fourth-order valence-electron chi connectivity index (χ4n) is 2.26. The molecule has 22 heavy (non-hydrogen) atoms. The minimum atomic E-state index is -0.616. The maximum atomic E-state index is 12.5. The van der Waals surface area contributed by atoms with Crippen molar-refractivity contribution in [2.24, 2.45) is 0 Å². The Bertz CT molecular complexity index is 737. The smallest absolute Gasteiger partial charge is 0.299 e. The molecule has 8 heteroatoms. The van der Waals surface area contributed by atoms with E-state index in [9.17, 15) is 9.59 Å². The van der Waals surface area contributed by atoms with Crippen LogP contribution in [0.2, 0.25) is 0 Å². The van der Waals surface area contributed by atoms with E-state index in [1.54, 1.807) is 19.9 Å². The molecule has 0 radical (unpaired) electrons. The first-order valence-corrected chi connectivity index (χ1v) is 7.97. The number of carbonyl (C=O) groups is 1. The predicted molar refractivity (Wildman–Crippen MR) is 85.2 cm³/mol. The van der Waals surface area contributed by atoms with E-state index in [-0.39, 0.29) is 5.91 Å². The monoisotopic (exact) mass is 321 g/mol. The van der Waals surface area contributed by atoms with Gasteiger partial charge < -0.3 is 0 Å². The number of hydrogen-bond donors (Lipinski definition) is 1. The number of carbonyl (C=O) groups excluding carboxylic acids is 1. The number of nitrogens with one attached hydrogen (secondary N) is 1. The number of hydrogen-bond acceptors (Lipinski definition) is 6. The molecule has 2 aromatic heterocycles. The zero-order chi connectivity index (χ0) is 16.3. The minimum Gasteiger partial charge on any atom is -0.299 e. The average molecular weight is 321 g/mol. The lowest BCUT2D eigenvalue weighted by Gasteiger charge is -2.19. The lowest BCUT2D eigenvalue weighted by atomic mass is 10.2. The molecule has 0 aliphatic heterocycles. The number of rotatable bonds is 5. The highest BCUT2D eigenvalue weighted by Crippen LogP contribution is 2.19. The summed E-state index contributed by atoms with van der Waals surface area (Å²) in [5, 5.41) is 11.9. The van der Waals surface area contributed by atoms with E-state index >= 15 is 0 Å². The second-order valence-corrected chi connectivity index (χ2v) is 6.02. The van der Waals surface area contributed by atoms with Gasteiger partial charge in [0.25, 0.3) is 0 Å². The first-order valence-electron chi connectivity index (χ1n) is 7.16. The fourth-order valence-corrected chi connectivity index (χ4v) is 2.94. The van der Waals surface area contributed by atoms with Crippen LogP contribution in [0.1, 0.15) is 42.7 Å². The number of aryl methyl sites for hydroxylation is 3. The van der Waals surface area contributed by atoms with Crippen LogP contribution in [-0.2, 0) is 11.2 Å². The molecule has 0 aliphatic rings. The van der Waals surface area contributed by atoms with Crippen LogP contribution in [0.15, 0.2) is 10.9 Å². The summed E-state index contributed by atoms with van der Waals surface area (Å²) in [5.74, 6) is -0.280. The van der Waals surface area contributed by atoms with E-state index in [0.29, 0.717) is 22.9 Å². The zero-order valence-electron chi connectivity index (χ0n) is 13.1. The molecule has 0 bridgehead atoms. The van der Waals surface area contributed by atoms with Gasteiger partial charge in [-0.05, 0) is 32.8 Å². The maximum absolute atomic E-state index is 12.5. The van der Waals surface area contributed by atoms with E-state index in [2.05, 4.69) is 20.5 Å². The van der Waals surface area contributed by atoms with Crippen molar-refractivity contribution < 1.29 is 4.79 Å². The highest BCUT2D eigenvalue weighted by atomic mass is 32.1. The molecule has 0 fully saturated rings. The van der Waals surface area contributed by atoms with Crippen LogP contribution in [0.3, 0.4) is 0 Å². The average Bonchev–Trinajstić information content (AvgIpc) is 2.90. The summed E-state index contributed by atoms with van der Waals surface area (Å²) in [6.45, 7) is 7.38. The topological polar surface area (TPSA) is 89.8 Å². The molecular formula is C14H19N5O2S. The zero-order valence-corrected chi connectivity index (χ0v) is 13.9. The van der Waals surface area contributed by atoms with E-state index in [1.165, 1.54) is 15.9 Å². The summed E-state index contributed by atoms with van der Waals surface area (Å²) < 4.78 is 1.42. The molecule has 1 atom stereocenters. The van der Waals surface area contributed by atoms with E-state index in [4.69, 9.17) is 0 Å². The second kappa shape index (κ2) is 6.78. The van der Waals surface area contributed by atoms with Gasteiger partial charge in [0.1, 0.15) is 11.0 Å². The van der Waals surface area contributed by atoms with Gasteiger partial charge in [0.15, 0.2) is 0 Å². The van der Waals surface area contributed by atoms with Gasteiger partial charge in [0, 0.05) is 11.4 Å². The Hall–Kier alpha value is -2.09. The Kier molecular flexibility index (Phi) is 5.02. The number of anilines is 1. The van der Waals surface area contributed by atoms with Crippen LogP contribution in [0.5, 0.6) is 0 Å². The van der Waals surface area contributed by atoms with Crippen molar-refractivity contribution in [1.82, 2.24) is 19.7 Å². The van der Waals surface area contributed by atoms with E-state index in [1.807, 2.05) is 13.8 Å². The molecule has 0 saturated heterocycles. The molecule has 2 heterocycles. The van der Waals surface area contributed by atoms with Crippen molar-refractivity contribution in [3.63, 3.8) is 0 Å². The Morgan fingerprint density at radius 1 is 1.36 bits per heavy atom. The van der Waals surface area contributed by atoms with Crippen molar-refractivity contribution in [3.8, 4) is 0 Å². The molecule has 0 aliphatic carbocycles. The minimum absolute atomic E-state index is 0.280. The van der Waals surface area contributed by atoms with Crippen molar-refractivity contribution in [2.75, 3.05) is 5.32 Å². The molecule has 1 unspecified atom stereocenters. The Balaban J connectivity index is 2.28. The van der Waals surface area contributed by atoms with Crippen molar-refractivity contribution in [2.45, 2.75) is 46.6 Å².